The van der Waals surface area contributed by atoms with Gasteiger partial charge in [-0.15, -0.1) is 0 Å². The van der Waals surface area contributed by atoms with Crippen LogP contribution < -0.4 is 4.72 Å². The molecule has 0 amide bonds. The van der Waals surface area contributed by atoms with E-state index in [1.807, 2.05) is 6.07 Å². The topological polar surface area (TPSA) is 92.7 Å². The molecule has 122 valence electrons. The van der Waals surface area contributed by atoms with E-state index in [0.717, 1.165) is 5.56 Å². The van der Waals surface area contributed by atoms with Crippen molar-refractivity contribution in [3.05, 3.63) is 66.2 Å². The first-order valence-corrected chi connectivity index (χ1v) is 8.40. The Morgan fingerprint density at radius 2 is 1.61 bits per heavy atom. The van der Waals surface area contributed by atoms with Gasteiger partial charge in [-0.05, 0) is 17.7 Å². The highest BCUT2D eigenvalue weighted by Crippen LogP contribution is 2.09. The number of hydrogen-bond donors (Lipinski definition) is 2. The van der Waals surface area contributed by atoms with Crippen molar-refractivity contribution in [1.29, 1.82) is 0 Å². The van der Waals surface area contributed by atoms with Gasteiger partial charge in [-0.1, -0.05) is 48.5 Å². The number of carbonyl (C=O) groups is 1. The third kappa shape index (κ3) is 4.88. The molecule has 0 aliphatic heterocycles. The number of aliphatic hydroxyl groups excluding tert-OH is 1. The minimum absolute atomic E-state index is 0.00321. The van der Waals surface area contributed by atoms with Crippen LogP contribution in [0.4, 0.5) is 0 Å². The summed E-state index contributed by atoms with van der Waals surface area (Å²) in [5.74, 6) is -0.837. The van der Waals surface area contributed by atoms with E-state index in [0.29, 0.717) is 0 Å². The lowest BCUT2D eigenvalue weighted by Gasteiger charge is -2.15. The number of esters is 1. The molecule has 0 radical (unpaired) electrons. The average molecular weight is 335 g/mol. The molecule has 2 N–H and O–H groups in total. The molecule has 6 nitrogen and oxygen atoms in total. The molecule has 0 aromatic heterocycles. The number of hydrogen-bond acceptors (Lipinski definition) is 5. The highest BCUT2D eigenvalue weighted by molar-refractivity contribution is 7.89. The highest BCUT2D eigenvalue weighted by Gasteiger charge is 2.26. The third-order valence-corrected chi connectivity index (χ3v) is 4.53. The van der Waals surface area contributed by atoms with Crippen LogP contribution in [0.25, 0.3) is 0 Å². The molecule has 0 saturated heterocycles. The first-order valence-electron chi connectivity index (χ1n) is 6.92. The van der Waals surface area contributed by atoms with Crippen LogP contribution in [-0.2, 0) is 26.2 Å². The van der Waals surface area contributed by atoms with Crippen molar-refractivity contribution in [1.82, 2.24) is 4.72 Å². The molecule has 2 rings (SSSR count). The van der Waals surface area contributed by atoms with Gasteiger partial charge in [0.25, 0.3) is 0 Å². The predicted molar refractivity (Wildman–Crippen MR) is 83.9 cm³/mol. The second-order valence-corrected chi connectivity index (χ2v) is 6.48. The Labute approximate surface area is 134 Å². The summed E-state index contributed by atoms with van der Waals surface area (Å²) in [7, 11) is -3.91. The number of aliphatic hydroxyl groups is 1. The summed E-state index contributed by atoms with van der Waals surface area (Å²) in [6, 6.07) is 15.2. The molecule has 0 bridgehead atoms. The van der Waals surface area contributed by atoms with Crippen LogP contribution in [0, 0.1) is 0 Å². The molecule has 1 unspecified atom stereocenters. The second kappa shape index (κ2) is 7.87. The van der Waals surface area contributed by atoms with Crippen LogP contribution >= 0.6 is 0 Å². The Morgan fingerprint density at radius 3 is 2.17 bits per heavy atom. The molecule has 2 aromatic carbocycles. The van der Waals surface area contributed by atoms with Gasteiger partial charge in [-0.25, -0.2) is 8.42 Å². The number of nitrogens with one attached hydrogen (secondary N) is 1. The summed E-state index contributed by atoms with van der Waals surface area (Å²) >= 11 is 0. The van der Waals surface area contributed by atoms with Gasteiger partial charge in [0.05, 0.1) is 11.5 Å². The summed E-state index contributed by atoms with van der Waals surface area (Å²) in [5.41, 5.74) is 0.767. The van der Waals surface area contributed by atoms with Gasteiger partial charge in [0.1, 0.15) is 12.6 Å². The van der Waals surface area contributed by atoms with Crippen LogP contribution in [0.15, 0.2) is 65.6 Å². The van der Waals surface area contributed by atoms with Crippen molar-refractivity contribution in [3.63, 3.8) is 0 Å². The lowest BCUT2D eigenvalue weighted by molar-refractivity contribution is -0.148. The summed E-state index contributed by atoms with van der Waals surface area (Å²) < 4.78 is 31.5. The Kier molecular flexibility index (Phi) is 5.86. The molecule has 0 saturated carbocycles. The largest absolute Gasteiger partial charge is 0.460 e. The minimum atomic E-state index is -3.91. The molecule has 0 heterocycles. The third-order valence-electron chi connectivity index (χ3n) is 3.04. The quantitative estimate of drug-likeness (QED) is 0.738. The van der Waals surface area contributed by atoms with Gasteiger partial charge in [0, 0.05) is 0 Å². The Morgan fingerprint density at radius 1 is 1.04 bits per heavy atom. The van der Waals surface area contributed by atoms with E-state index in [1.54, 1.807) is 42.5 Å². The molecule has 0 aliphatic carbocycles. The summed E-state index contributed by atoms with van der Waals surface area (Å²) in [4.78, 5) is 12.0. The summed E-state index contributed by atoms with van der Waals surface area (Å²) in [6.07, 6.45) is 0. The molecule has 0 aliphatic rings. The SMILES string of the molecule is O=C(OCc1ccccc1)C(CO)NS(=O)(=O)c1ccccc1. The monoisotopic (exact) mass is 335 g/mol. The van der Waals surface area contributed by atoms with Crippen LogP contribution in [-0.4, -0.2) is 32.1 Å². The molecular weight excluding hydrogens is 318 g/mol. The number of ether oxygens (including phenoxy) is 1. The van der Waals surface area contributed by atoms with E-state index in [-0.39, 0.29) is 11.5 Å². The first kappa shape index (κ1) is 17.1. The van der Waals surface area contributed by atoms with Crippen molar-refractivity contribution in [2.24, 2.45) is 0 Å². The van der Waals surface area contributed by atoms with Gasteiger partial charge in [-0.2, -0.15) is 4.72 Å². The van der Waals surface area contributed by atoms with Gasteiger partial charge in [-0.3, -0.25) is 4.79 Å². The minimum Gasteiger partial charge on any atom is -0.460 e. The van der Waals surface area contributed by atoms with Crippen LogP contribution in [0.3, 0.4) is 0 Å². The average Bonchev–Trinajstić information content (AvgIpc) is 2.59. The predicted octanol–water partition coefficient (Wildman–Crippen LogP) is 1.07. The maximum absolute atomic E-state index is 12.2. The smallest absolute Gasteiger partial charge is 0.326 e. The Hall–Kier alpha value is -2.22. The van der Waals surface area contributed by atoms with Crippen LogP contribution in [0.2, 0.25) is 0 Å². The summed E-state index contributed by atoms with van der Waals surface area (Å²) in [5, 5.41) is 9.28. The summed E-state index contributed by atoms with van der Waals surface area (Å²) in [6.45, 7) is -0.692. The van der Waals surface area contributed by atoms with Crippen molar-refractivity contribution in [2.75, 3.05) is 6.61 Å². The molecular formula is C16H17NO5S. The number of carbonyl (C=O) groups excluding carboxylic acids is 1. The van der Waals surface area contributed by atoms with Gasteiger partial charge < -0.3 is 9.84 Å². The fourth-order valence-electron chi connectivity index (χ4n) is 1.84. The van der Waals surface area contributed by atoms with Crippen molar-refractivity contribution in [3.8, 4) is 0 Å². The lowest BCUT2D eigenvalue weighted by atomic mass is 10.2. The zero-order chi connectivity index (χ0) is 16.7. The molecule has 23 heavy (non-hydrogen) atoms. The molecule has 1 atom stereocenters. The van der Waals surface area contributed by atoms with E-state index in [4.69, 9.17) is 4.74 Å². The molecule has 2 aromatic rings. The molecule has 0 fully saturated rings. The van der Waals surface area contributed by atoms with E-state index in [1.165, 1.54) is 12.1 Å². The van der Waals surface area contributed by atoms with Gasteiger partial charge >= 0.3 is 5.97 Å². The number of benzene rings is 2. The van der Waals surface area contributed by atoms with Crippen LogP contribution in [0.5, 0.6) is 0 Å². The maximum atomic E-state index is 12.2. The second-order valence-electron chi connectivity index (χ2n) is 4.76. The normalized spacial score (nSPS) is 12.6. The van der Waals surface area contributed by atoms with Gasteiger partial charge in [0.2, 0.25) is 10.0 Å². The molecule has 0 spiro atoms. The Bertz CT molecular complexity index is 732. The van der Waals surface area contributed by atoms with Crippen molar-refractivity contribution >= 4 is 16.0 Å². The fraction of sp³-hybridized carbons (Fsp3) is 0.188. The number of sulfonamides is 1. The van der Waals surface area contributed by atoms with E-state index < -0.39 is 28.6 Å². The van der Waals surface area contributed by atoms with E-state index in [9.17, 15) is 18.3 Å². The maximum Gasteiger partial charge on any atom is 0.326 e. The number of rotatable bonds is 7. The fourth-order valence-corrected chi connectivity index (χ4v) is 3.04. The zero-order valence-electron chi connectivity index (χ0n) is 12.3. The Balaban J connectivity index is 2.00. The van der Waals surface area contributed by atoms with Gasteiger partial charge in [0.15, 0.2) is 0 Å². The van der Waals surface area contributed by atoms with E-state index in [2.05, 4.69) is 4.72 Å². The zero-order valence-corrected chi connectivity index (χ0v) is 13.1. The van der Waals surface area contributed by atoms with E-state index >= 15 is 0 Å². The van der Waals surface area contributed by atoms with Crippen molar-refractivity contribution < 1.29 is 23.1 Å². The standard InChI is InChI=1S/C16H17NO5S/c18-11-15(16(19)22-12-13-7-3-1-4-8-13)17-23(20,21)14-9-5-2-6-10-14/h1-10,15,17-18H,11-12H2. The van der Waals surface area contributed by atoms with Crippen LogP contribution in [0.1, 0.15) is 5.56 Å². The lowest BCUT2D eigenvalue weighted by Crippen LogP contribution is -2.44. The molecule has 7 heteroatoms. The van der Waals surface area contributed by atoms with Crippen molar-refractivity contribution in [2.45, 2.75) is 17.5 Å². The highest BCUT2D eigenvalue weighted by atomic mass is 32.2. The first-order chi connectivity index (χ1) is 11.0.